The van der Waals surface area contributed by atoms with Crippen LogP contribution in [-0.2, 0) is 9.84 Å². The van der Waals surface area contributed by atoms with E-state index < -0.39 is 9.84 Å². The van der Waals surface area contributed by atoms with E-state index in [1.165, 1.54) is 0 Å². The van der Waals surface area contributed by atoms with Gasteiger partial charge in [-0.1, -0.05) is 6.07 Å². The molecule has 0 aliphatic carbocycles. The lowest BCUT2D eigenvalue weighted by Crippen LogP contribution is -2.31. The molecule has 2 aliphatic rings. The van der Waals surface area contributed by atoms with Crippen LogP contribution in [0.1, 0.15) is 10.4 Å². The summed E-state index contributed by atoms with van der Waals surface area (Å²) in [6, 6.07) is 7.60. The van der Waals surface area contributed by atoms with E-state index in [1.54, 1.807) is 4.90 Å². The summed E-state index contributed by atoms with van der Waals surface area (Å²) in [5.41, 5.74) is 1.61. The van der Waals surface area contributed by atoms with Gasteiger partial charge in [-0.3, -0.25) is 4.79 Å². The number of sulfone groups is 1. The lowest BCUT2D eigenvalue weighted by Gasteiger charge is -2.17. The Morgan fingerprint density at radius 2 is 1.86 bits per heavy atom. The summed E-state index contributed by atoms with van der Waals surface area (Å²) < 4.78 is 23.2. The molecule has 0 saturated carbocycles. The lowest BCUT2D eigenvalue weighted by molar-refractivity contribution is 0.0784. The molecular weight excluding hydrogens is 288 g/mol. The average molecular weight is 304 g/mol. The summed E-state index contributed by atoms with van der Waals surface area (Å²) in [7, 11) is -2.88. The first kappa shape index (κ1) is 12.9. The molecule has 1 N–H and O–H groups in total. The van der Waals surface area contributed by atoms with E-state index >= 15 is 0 Å². The van der Waals surface area contributed by atoms with Crippen molar-refractivity contribution in [2.24, 2.45) is 11.8 Å². The second-order valence-corrected chi connectivity index (χ2v) is 8.24. The molecule has 2 aromatic rings. The monoisotopic (exact) mass is 304 g/mol. The lowest BCUT2D eigenvalue weighted by atomic mass is 10.0. The molecule has 110 valence electrons. The van der Waals surface area contributed by atoms with Gasteiger partial charge in [0.15, 0.2) is 9.84 Å². The molecule has 1 aromatic heterocycles. The molecule has 0 unspecified atom stereocenters. The van der Waals surface area contributed by atoms with E-state index in [1.807, 2.05) is 30.5 Å². The quantitative estimate of drug-likeness (QED) is 0.863. The van der Waals surface area contributed by atoms with Crippen LogP contribution < -0.4 is 0 Å². The Hall–Kier alpha value is -1.82. The van der Waals surface area contributed by atoms with Gasteiger partial charge in [-0.25, -0.2) is 8.42 Å². The SMILES string of the molecule is O=C(c1ccc2cc[nH]c2c1)N1C[C@@H]2CS(=O)(=O)C[C@@H]2C1. The fraction of sp³-hybridized carbons (Fsp3) is 0.400. The zero-order valence-electron chi connectivity index (χ0n) is 11.5. The third-order valence-corrected chi connectivity index (χ3v) is 6.47. The number of amides is 1. The number of rotatable bonds is 1. The van der Waals surface area contributed by atoms with Crippen molar-refractivity contribution in [3.05, 3.63) is 36.0 Å². The number of fused-ring (bicyclic) bond motifs is 2. The molecule has 0 bridgehead atoms. The summed E-state index contributed by atoms with van der Waals surface area (Å²) >= 11 is 0. The summed E-state index contributed by atoms with van der Waals surface area (Å²) in [6.07, 6.45) is 1.85. The molecule has 3 heterocycles. The maximum atomic E-state index is 12.6. The predicted octanol–water partition coefficient (Wildman–Crippen LogP) is 1.28. The van der Waals surface area contributed by atoms with Gasteiger partial charge in [0, 0.05) is 30.4 Å². The third kappa shape index (κ3) is 2.14. The molecule has 21 heavy (non-hydrogen) atoms. The smallest absolute Gasteiger partial charge is 0.253 e. The number of hydrogen-bond acceptors (Lipinski definition) is 3. The van der Waals surface area contributed by atoms with Crippen molar-refractivity contribution >= 4 is 26.6 Å². The van der Waals surface area contributed by atoms with Gasteiger partial charge in [-0.05, 0) is 35.4 Å². The van der Waals surface area contributed by atoms with Crippen LogP contribution in [0, 0.1) is 11.8 Å². The second kappa shape index (κ2) is 4.34. The van der Waals surface area contributed by atoms with E-state index in [9.17, 15) is 13.2 Å². The number of nitrogens with zero attached hydrogens (tertiary/aromatic N) is 1. The van der Waals surface area contributed by atoms with E-state index in [0.717, 1.165) is 10.9 Å². The zero-order chi connectivity index (χ0) is 14.6. The molecule has 6 heteroatoms. The van der Waals surface area contributed by atoms with Crippen molar-refractivity contribution in [2.45, 2.75) is 0 Å². The number of carbonyl (C=O) groups is 1. The van der Waals surface area contributed by atoms with Gasteiger partial charge in [0.1, 0.15) is 0 Å². The first-order valence-corrected chi connectivity index (χ1v) is 8.91. The van der Waals surface area contributed by atoms with Gasteiger partial charge in [0.25, 0.3) is 5.91 Å². The number of nitrogens with one attached hydrogen (secondary N) is 1. The average Bonchev–Trinajstić information content (AvgIpc) is 3.08. The highest BCUT2D eigenvalue weighted by Crippen LogP contribution is 2.33. The van der Waals surface area contributed by atoms with Crippen molar-refractivity contribution in [3.8, 4) is 0 Å². The minimum absolute atomic E-state index is 0.00158. The fourth-order valence-electron chi connectivity index (χ4n) is 3.57. The fourth-order valence-corrected chi connectivity index (χ4v) is 5.76. The second-order valence-electron chi connectivity index (χ2n) is 6.09. The number of benzene rings is 1. The minimum atomic E-state index is -2.88. The molecule has 0 spiro atoms. The number of aromatic nitrogens is 1. The molecule has 5 nitrogen and oxygen atoms in total. The normalized spacial score (nSPS) is 27.1. The van der Waals surface area contributed by atoms with Crippen molar-refractivity contribution in [1.29, 1.82) is 0 Å². The predicted molar refractivity (Wildman–Crippen MR) is 79.8 cm³/mol. The molecule has 2 fully saturated rings. The van der Waals surface area contributed by atoms with Gasteiger partial charge < -0.3 is 9.88 Å². The number of carbonyl (C=O) groups excluding carboxylic acids is 1. The highest BCUT2D eigenvalue weighted by molar-refractivity contribution is 7.91. The number of hydrogen-bond donors (Lipinski definition) is 1. The highest BCUT2D eigenvalue weighted by Gasteiger charge is 2.44. The Morgan fingerprint density at radius 3 is 2.57 bits per heavy atom. The maximum absolute atomic E-state index is 12.6. The molecule has 2 atom stereocenters. The molecule has 2 saturated heterocycles. The Bertz CT molecular complexity index is 804. The topological polar surface area (TPSA) is 70.2 Å². The van der Waals surface area contributed by atoms with Crippen LogP contribution in [-0.4, -0.2) is 48.8 Å². The molecule has 2 aliphatic heterocycles. The summed E-state index contributed by atoms with van der Waals surface area (Å²) in [5, 5.41) is 1.08. The van der Waals surface area contributed by atoms with Gasteiger partial charge in [0.05, 0.1) is 11.5 Å². The van der Waals surface area contributed by atoms with E-state index in [4.69, 9.17) is 0 Å². The van der Waals surface area contributed by atoms with Crippen LogP contribution in [0.15, 0.2) is 30.5 Å². The Kier molecular flexibility index (Phi) is 2.66. The molecule has 1 amide bonds. The Balaban J connectivity index is 1.56. The van der Waals surface area contributed by atoms with Crippen molar-refractivity contribution in [1.82, 2.24) is 9.88 Å². The largest absolute Gasteiger partial charge is 0.361 e. The Morgan fingerprint density at radius 1 is 1.14 bits per heavy atom. The number of aromatic amines is 1. The van der Waals surface area contributed by atoms with Crippen LogP contribution in [0.25, 0.3) is 10.9 Å². The van der Waals surface area contributed by atoms with Crippen LogP contribution in [0.3, 0.4) is 0 Å². The van der Waals surface area contributed by atoms with Gasteiger partial charge in [-0.15, -0.1) is 0 Å². The number of likely N-dealkylation sites (tertiary alicyclic amines) is 1. The van der Waals surface area contributed by atoms with E-state index in [2.05, 4.69) is 4.98 Å². The van der Waals surface area contributed by atoms with Crippen molar-refractivity contribution in [2.75, 3.05) is 24.6 Å². The van der Waals surface area contributed by atoms with Crippen molar-refractivity contribution in [3.63, 3.8) is 0 Å². The summed E-state index contributed by atoms with van der Waals surface area (Å²) in [5.74, 6) is 0.702. The third-order valence-electron chi connectivity index (χ3n) is 4.60. The van der Waals surface area contributed by atoms with Gasteiger partial charge >= 0.3 is 0 Å². The van der Waals surface area contributed by atoms with Gasteiger partial charge in [-0.2, -0.15) is 0 Å². The minimum Gasteiger partial charge on any atom is -0.361 e. The standard InChI is InChI=1S/C15H16N2O3S/c18-15(11-2-1-10-3-4-16-14(10)5-11)17-6-12-8-21(19,20)9-13(12)7-17/h1-5,12-13,16H,6-9H2/t12-,13+. The number of H-pyrrole nitrogens is 1. The summed E-state index contributed by atoms with van der Waals surface area (Å²) in [6.45, 7) is 1.12. The Labute approximate surface area is 122 Å². The van der Waals surface area contributed by atoms with Crippen LogP contribution >= 0.6 is 0 Å². The van der Waals surface area contributed by atoms with Crippen molar-refractivity contribution < 1.29 is 13.2 Å². The van der Waals surface area contributed by atoms with Crippen LogP contribution in [0.4, 0.5) is 0 Å². The van der Waals surface area contributed by atoms with Crippen LogP contribution in [0.5, 0.6) is 0 Å². The first-order valence-electron chi connectivity index (χ1n) is 7.09. The highest BCUT2D eigenvalue weighted by atomic mass is 32.2. The first-order chi connectivity index (χ1) is 10.0. The van der Waals surface area contributed by atoms with Crippen LogP contribution in [0.2, 0.25) is 0 Å². The zero-order valence-corrected chi connectivity index (χ0v) is 12.3. The van der Waals surface area contributed by atoms with E-state index in [-0.39, 0.29) is 29.2 Å². The van der Waals surface area contributed by atoms with E-state index in [0.29, 0.717) is 18.7 Å². The maximum Gasteiger partial charge on any atom is 0.253 e. The molecular formula is C15H16N2O3S. The van der Waals surface area contributed by atoms with Gasteiger partial charge in [0.2, 0.25) is 0 Å². The molecule has 4 rings (SSSR count). The summed E-state index contributed by atoms with van der Waals surface area (Å²) in [4.78, 5) is 17.5. The molecule has 1 aromatic carbocycles. The molecule has 0 radical (unpaired) electrons.